The summed E-state index contributed by atoms with van der Waals surface area (Å²) in [7, 11) is 0. The molecule has 120 valence electrons. The molecule has 1 amide bonds. The third kappa shape index (κ3) is 4.00. The van der Waals surface area contributed by atoms with E-state index in [9.17, 15) is 18.4 Å². The molecule has 1 aromatic rings. The van der Waals surface area contributed by atoms with Gasteiger partial charge in [0.2, 0.25) is 5.91 Å². The van der Waals surface area contributed by atoms with Crippen molar-refractivity contribution in [3.8, 4) is 0 Å². The monoisotopic (exact) mass is 313 g/mol. The summed E-state index contributed by atoms with van der Waals surface area (Å²) in [5.41, 5.74) is 0.0256. The number of halogens is 2. The number of nitrogens with zero attached hydrogens (tertiary/aromatic N) is 1. The van der Waals surface area contributed by atoms with Gasteiger partial charge in [0, 0.05) is 25.3 Å². The van der Waals surface area contributed by atoms with Gasteiger partial charge in [0.15, 0.2) is 11.6 Å². The second-order valence-corrected chi connectivity index (χ2v) is 5.18. The van der Waals surface area contributed by atoms with Gasteiger partial charge in [0.1, 0.15) is 0 Å². The Labute approximate surface area is 126 Å². The first kappa shape index (κ1) is 16.4. The van der Waals surface area contributed by atoms with Crippen molar-refractivity contribution in [3.05, 3.63) is 35.4 Å². The molecule has 1 N–H and O–H groups in total. The van der Waals surface area contributed by atoms with Crippen LogP contribution < -0.4 is 0 Å². The molecule has 0 saturated carbocycles. The fourth-order valence-electron chi connectivity index (χ4n) is 2.36. The molecule has 22 heavy (non-hydrogen) atoms. The second kappa shape index (κ2) is 7.31. The number of aliphatic carboxylic acids is 1. The Morgan fingerprint density at radius 3 is 2.77 bits per heavy atom. The molecule has 0 spiro atoms. The van der Waals surface area contributed by atoms with E-state index in [0.717, 1.165) is 6.07 Å². The topological polar surface area (TPSA) is 66.8 Å². The summed E-state index contributed by atoms with van der Waals surface area (Å²) in [6.45, 7) is 0.526. The number of benzene rings is 1. The minimum Gasteiger partial charge on any atom is -0.481 e. The molecule has 7 heteroatoms. The molecule has 0 bridgehead atoms. The Morgan fingerprint density at radius 2 is 2.14 bits per heavy atom. The van der Waals surface area contributed by atoms with Gasteiger partial charge >= 0.3 is 5.97 Å². The Kier molecular flexibility index (Phi) is 5.43. The van der Waals surface area contributed by atoms with Crippen LogP contribution in [-0.4, -0.2) is 41.6 Å². The van der Waals surface area contributed by atoms with Crippen LogP contribution in [0, 0.1) is 17.6 Å². The lowest BCUT2D eigenvalue weighted by molar-refractivity contribution is -0.140. The molecule has 1 fully saturated rings. The lowest BCUT2D eigenvalue weighted by Gasteiger charge is -2.25. The summed E-state index contributed by atoms with van der Waals surface area (Å²) in [5, 5.41) is 8.78. The average molecular weight is 313 g/mol. The molecule has 1 aromatic carbocycles. The minimum atomic E-state index is -1.06. The van der Waals surface area contributed by atoms with Crippen LogP contribution >= 0.6 is 0 Å². The predicted octanol–water partition coefficient (Wildman–Crippen LogP) is 1.80. The largest absolute Gasteiger partial charge is 0.481 e. The standard InChI is InChI=1S/C15H17F2NO4/c16-12-3-1-2-10(14(12)17)8-18(6-4-13(19)20)15(21)11-5-7-22-9-11/h1-3,11H,4-9H2,(H,19,20). The number of hydrogen-bond acceptors (Lipinski definition) is 3. The molecule has 1 saturated heterocycles. The van der Waals surface area contributed by atoms with E-state index in [1.807, 2.05) is 0 Å². The van der Waals surface area contributed by atoms with Crippen molar-refractivity contribution >= 4 is 11.9 Å². The molecule has 1 aliphatic rings. The number of carboxylic acids is 1. The van der Waals surface area contributed by atoms with Crippen molar-refractivity contribution in [3.63, 3.8) is 0 Å². The van der Waals surface area contributed by atoms with Gasteiger partial charge in [0.25, 0.3) is 0 Å². The zero-order chi connectivity index (χ0) is 16.1. The summed E-state index contributed by atoms with van der Waals surface area (Å²) >= 11 is 0. The van der Waals surface area contributed by atoms with Crippen molar-refractivity contribution < 1.29 is 28.2 Å². The third-order valence-corrected chi connectivity index (χ3v) is 3.58. The van der Waals surface area contributed by atoms with E-state index in [2.05, 4.69) is 0 Å². The third-order valence-electron chi connectivity index (χ3n) is 3.58. The molecule has 1 heterocycles. The maximum atomic E-state index is 13.7. The van der Waals surface area contributed by atoms with E-state index < -0.39 is 17.6 Å². The first-order valence-electron chi connectivity index (χ1n) is 7.00. The summed E-state index contributed by atoms with van der Waals surface area (Å²) in [6, 6.07) is 3.73. The van der Waals surface area contributed by atoms with Crippen molar-refractivity contribution in [2.75, 3.05) is 19.8 Å². The Bertz CT molecular complexity index is 558. The molecule has 5 nitrogen and oxygen atoms in total. The highest BCUT2D eigenvalue weighted by Crippen LogP contribution is 2.19. The van der Waals surface area contributed by atoms with Crippen molar-refractivity contribution in [2.45, 2.75) is 19.4 Å². The summed E-state index contributed by atoms with van der Waals surface area (Å²) in [5.74, 6) is -3.71. The molecule has 0 aromatic heterocycles. The van der Waals surface area contributed by atoms with Crippen LogP contribution in [-0.2, 0) is 20.9 Å². The molecule has 2 rings (SSSR count). The predicted molar refractivity (Wildman–Crippen MR) is 73.0 cm³/mol. The van der Waals surface area contributed by atoms with Gasteiger partial charge in [-0.1, -0.05) is 12.1 Å². The number of amides is 1. The van der Waals surface area contributed by atoms with Gasteiger partial charge in [-0.05, 0) is 12.5 Å². The van der Waals surface area contributed by atoms with E-state index in [1.165, 1.54) is 17.0 Å². The number of hydrogen-bond donors (Lipinski definition) is 1. The lowest BCUT2D eigenvalue weighted by atomic mass is 10.1. The summed E-state index contributed by atoms with van der Waals surface area (Å²) in [4.78, 5) is 24.4. The van der Waals surface area contributed by atoms with E-state index >= 15 is 0 Å². The molecule has 1 aliphatic heterocycles. The highest BCUT2D eigenvalue weighted by Gasteiger charge is 2.29. The molecular weight excluding hydrogens is 296 g/mol. The van der Waals surface area contributed by atoms with E-state index in [0.29, 0.717) is 13.0 Å². The summed E-state index contributed by atoms with van der Waals surface area (Å²) in [6.07, 6.45) is 0.296. The molecule has 1 unspecified atom stereocenters. The van der Waals surface area contributed by atoms with Gasteiger partial charge < -0.3 is 14.7 Å². The van der Waals surface area contributed by atoms with E-state index in [4.69, 9.17) is 9.84 Å². The normalized spacial score (nSPS) is 17.5. The number of carboxylic acid groups (broad SMARTS) is 1. The van der Waals surface area contributed by atoms with Crippen LogP contribution in [0.15, 0.2) is 18.2 Å². The Hall–Kier alpha value is -2.02. The van der Waals surface area contributed by atoms with Crippen molar-refractivity contribution in [1.29, 1.82) is 0 Å². The van der Waals surface area contributed by atoms with E-state index in [-0.39, 0.29) is 43.5 Å². The number of carbonyl (C=O) groups is 2. The SMILES string of the molecule is O=C(O)CCN(Cc1cccc(F)c1F)C(=O)C1CCOC1. The lowest BCUT2D eigenvalue weighted by Crippen LogP contribution is -2.37. The van der Waals surface area contributed by atoms with Crippen LogP contribution in [0.5, 0.6) is 0 Å². The maximum Gasteiger partial charge on any atom is 0.305 e. The Morgan fingerprint density at radius 1 is 1.36 bits per heavy atom. The van der Waals surface area contributed by atoms with Crippen LogP contribution in [0.4, 0.5) is 8.78 Å². The highest BCUT2D eigenvalue weighted by molar-refractivity contribution is 5.79. The van der Waals surface area contributed by atoms with Crippen molar-refractivity contribution in [1.82, 2.24) is 4.90 Å². The average Bonchev–Trinajstić information content (AvgIpc) is 3.01. The van der Waals surface area contributed by atoms with Gasteiger partial charge in [-0.3, -0.25) is 9.59 Å². The molecule has 1 atom stereocenters. The van der Waals surface area contributed by atoms with Crippen molar-refractivity contribution in [2.24, 2.45) is 5.92 Å². The molecular formula is C15H17F2NO4. The smallest absolute Gasteiger partial charge is 0.305 e. The number of rotatable bonds is 6. The van der Waals surface area contributed by atoms with Crippen LogP contribution in [0.1, 0.15) is 18.4 Å². The quantitative estimate of drug-likeness (QED) is 0.870. The number of ether oxygens (including phenoxy) is 1. The Balaban J connectivity index is 2.14. The fourth-order valence-corrected chi connectivity index (χ4v) is 2.36. The zero-order valence-electron chi connectivity index (χ0n) is 11.9. The minimum absolute atomic E-state index is 0.0256. The maximum absolute atomic E-state index is 13.7. The second-order valence-electron chi connectivity index (χ2n) is 5.18. The first-order valence-corrected chi connectivity index (χ1v) is 7.00. The summed E-state index contributed by atoms with van der Waals surface area (Å²) < 4.78 is 32.1. The van der Waals surface area contributed by atoms with Crippen LogP contribution in [0.3, 0.4) is 0 Å². The number of carbonyl (C=O) groups excluding carboxylic acids is 1. The van der Waals surface area contributed by atoms with Crippen LogP contribution in [0.2, 0.25) is 0 Å². The zero-order valence-corrected chi connectivity index (χ0v) is 11.9. The molecule has 0 aliphatic carbocycles. The van der Waals surface area contributed by atoms with Crippen LogP contribution in [0.25, 0.3) is 0 Å². The first-order chi connectivity index (χ1) is 10.5. The fraction of sp³-hybridized carbons (Fsp3) is 0.467. The highest BCUT2D eigenvalue weighted by atomic mass is 19.2. The van der Waals surface area contributed by atoms with Gasteiger partial charge in [0.05, 0.1) is 18.9 Å². The van der Waals surface area contributed by atoms with Gasteiger partial charge in [-0.25, -0.2) is 8.78 Å². The van der Waals surface area contributed by atoms with E-state index in [1.54, 1.807) is 0 Å². The van der Waals surface area contributed by atoms with Gasteiger partial charge in [-0.15, -0.1) is 0 Å². The van der Waals surface area contributed by atoms with Gasteiger partial charge in [-0.2, -0.15) is 0 Å². The molecule has 0 radical (unpaired) electrons.